The summed E-state index contributed by atoms with van der Waals surface area (Å²) in [4.78, 5) is 6.87. The summed E-state index contributed by atoms with van der Waals surface area (Å²) >= 11 is 0. The zero-order valence-electron chi connectivity index (χ0n) is 9.88. The molecule has 2 rings (SSSR count). The van der Waals surface area contributed by atoms with E-state index in [1.165, 1.54) is 0 Å². The van der Waals surface area contributed by atoms with Crippen molar-refractivity contribution in [1.29, 1.82) is 0 Å². The van der Waals surface area contributed by atoms with E-state index in [4.69, 9.17) is 0 Å². The van der Waals surface area contributed by atoms with Gasteiger partial charge >= 0.3 is 6.18 Å². The molecule has 0 aliphatic rings. The van der Waals surface area contributed by atoms with E-state index in [9.17, 15) is 22.0 Å². The third-order valence-electron chi connectivity index (χ3n) is 2.32. The normalized spacial score (nSPS) is 11.4. The van der Waals surface area contributed by atoms with Crippen LogP contribution in [-0.4, -0.2) is 9.97 Å². The van der Waals surface area contributed by atoms with E-state index < -0.39 is 23.5 Å². The first-order valence-corrected chi connectivity index (χ1v) is 5.44. The molecule has 0 unspecified atom stereocenters. The number of aromatic nitrogens is 2. The molecule has 1 heterocycles. The predicted octanol–water partition coefficient (Wildman–Crippen LogP) is 3.39. The topological polar surface area (TPSA) is 37.8 Å². The number of alkyl halides is 3. The van der Waals surface area contributed by atoms with Crippen LogP contribution in [0.4, 0.5) is 27.9 Å². The first-order valence-electron chi connectivity index (χ1n) is 5.44. The molecule has 1 aromatic heterocycles. The van der Waals surface area contributed by atoms with Crippen molar-refractivity contribution in [2.75, 3.05) is 5.32 Å². The standard InChI is InChI=1S/C12H8F5N3/c13-8-3-7(4-9(14)5-8)6-19-11-18-2-1-10(20-11)12(15,16)17/h1-5H,6H2,(H,18,19,20). The lowest BCUT2D eigenvalue weighted by Crippen LogP contribution is -2.11. The lowest BCUT2D eigenvalue weighted by Gasteiger charge is -2.08. The summed E-state index contributed by atoms with van der Waals surface area (Å²) in [5.74, 6) is -1.82. The van der Waals surface area contributed by atoms with Crippen molar-refractivity contribution in [3.63, 3.8) is 0 Å². The Hall–Kier alpha value is -2.25. The van der Waals surface area contributed by atoms with Crippen molar-refractivity contribution in [2.45, 2.75) is 12.7 Å². The van der Waals surface area contributed by atoms with Crippen molar-refractivity contribution in [1.82, 2.24) is 9.97 Å². The van der Waals surface area contributed by atoms with Crippen LogP contribution in [0.2, 0.25) is 0 Å². The summed E-state index contributed by atoms with van der Waals surface area (Å²) in [5.41, 5.74) is -0.871. The SMILES string of the molecule is Fc1cc(F)cc(CNc2nccc(C(F)(F)F)n2)c1. The van der Waals surface area contributed by atoms with Crippen LogP contribution in [-0.2, 0) is 12.7 Å². The van der Waals surface area contributed by atoms with Gasteiger partial charge in [0.1, 0.15) is 17.3 Å². The third-order valence-corrected chi connectivity index (χ3v) is 2.32. The molecule has 8 heteroatoms. The molecular formula is C12H8F5N3. The van der Waals surface area contributed by atoms with Gasteiger partial charge in [0.05, 0.1) is 0 Å². The van der Waals surface area contributed by atoms with Crippen LogP contribution in [0.1, 0.15) is 11.3 Å². The average Bonchev–Trinajstić information content (AvgIpc) is 2.35. The Kier molecular flexibility index (Phi) is 3.82. The van der Waals surface area contributed by atoms with E-state index in [2.05, 4.69) is 15.3 Å². The Bertz CT molecular complexity index is 592. The molecule has 0 fully saturated rings. The highest BCUT2D eigenvalue weighted by Crippen LogP contribution is 2.27. The summed E-state index contributed by atoms with van der Waals surface area (Å²) in [7, 11) is 0. The minimum Gasteiger partial charge on any atom is -0.350 e. The first-order chi connectivity index (χ1) is 9.34. The van der Waals surface area contributed by atoms with E-state index in [1.54, 1.807) is 0 Å². The van der Waals surface area contributed by atoms with Gasteiger partial charge in [0.15, 0.2) is 0 Å². The molecule has 0 radical (unpaired) electrons. The summed E-state index contributed by atoms with van der Waals surface area (Å²) < 4.78 is 63.1. The van der Waals surface area contributed by atoms with Crippen molar-refractivity contribution >= 4 is 5.95 Å². The number of nitrogens with zero attached hydrogens (tertiary/aromatic N) is 2. The van der Waals surface area contributed by atoms with E-state index in [1.807, 2.05) is 0 Å². The van der Waals surface area contributed by atoms with Crippen molar-refractivity contribution in [3.8, 4) is 0 Å². The number of halogens is 5. The molecule has 20 heavy (non-hydrogen) atoms. The van der Waals surface area contributed by atoms with E-state index >= 15 is 0 Å². The maximum absolute atomic E-state index is 12.9. The second-order valence-electron chi connectivity index (χ2n) is 3.89. The number of nitrogens with one attached hydrogen (secondary N) is 1. The summed E-state index contributed by atoms with van der Waals surface area (Å²) in [6.45, 7) is -0.101. The summed E-state index contributed by atoms with van der Waals surface area (Å²) in [6, 6.07) is 3.55. The monoisotopic (exact) mass is 289 g/mol. The summed E-state index contributed by atoms with van der Waals surface area (Å²) in [6.07, 6.45) is -3.63. The Morgan fingerprint density at radius 2 is 1.70 bits per heavy atom. The molecule has 0 aliphatic heterocycles. The van der Waals surface area contributed by atoms with Crippen LogP contribution in [0.3, 0.4) is 0 Å². The Morgan fingerprint density at radius 1 is 1.05 bits per heavy atom. The molecular weight excluding hydrogens is 281 g/mol. The van der Waals surface area contributed by atoms with Gasteiger partial charge in [-0.3, -0.25) is 0 Å². The smallest absolute Gasteiger partial charge is 0.350 e. The van der Waals surface area contributed by atoms with Gasteiger partial charge < -0.3 is 5.32 Å². The van der Waals surface area contributed by atoms with Gasteiger partial charge in [-0.2, -0.15) is 13.2 Å². The van der Waals surface area contributed by atoms with Crippen LogP contribution in [0.5, 0.6) is 0 Å². The number of benzene rings is 1. The zero-order chi connectivity index (χ0) is 14.8. The van der Waals surface area contributed by atoms with Crippen molar-refractivity contribution in [2.24, 2.45) is 0 Å². The molecule has 0 saturated heterocycles. The largest absolute Gasteiger partial charge is 0.433 e. The van der Waals surface area contributed by atoms with Crippen molar-refractivity contribution in [3.05, 3.63) is 53.4 Å². The van der Waals surface area contributed by atoms with Crippen LogP contribution < -0.4 is 5.32 Å². The molecule has 0 amide bonds. The van der Waals surface area contributed by atoms with Crippen LogP contribution in [0.25, 0.3) is 0 Å². The molecule has 0 atom stereocenters. The van der Waals surface area contributed by atoms with E-state index in [0.29, 0.717) is 6.07 Å². The Morgan fingerprint density at radius 3 is 2.30 bits per heavy atom. The fourth-order valence-electron chi connectivity index (χ4n) is 1.50. The van der Waals surface area contributed by atoms with Crippen molar-refractivity contribution < 1.29 is 22.0 Å². The van der Waals surface area contributed by atoms with Gasteiger partial charge in [-0.05, 0) is 23.8 Å². The van der Waals surface area contributed by atoms with Gasteiger partial charge in [-0.1, -0.05) is 0 Å². The molecule has 3 nitrogen and oxygen atoms in total. The van der Waals surface area contributed by atoms with Gasteiger partial charge in [-0.25, -0.2) is 18.7 Å². The molecule has 0 bridgehead atoms. The quantitative estimate of drug-likeness (QED) is 0.880. The molecule has 106 valence electrons. The average molecular weight is 289 g/mol. The summed E-state index contributed by atoms with van der Waals surface area (Å²) in [5, 5.41) is 2.47. The molecule has 1 N–H and O–H groups in total. The van der Waals surface area contributed by atoms with E-state index in [0.717, 1.165) is 24.4 Å². The number of hydrogen-bond donors (Lipinski definition) is 1. The Labute approximate surface area is 110 Å². The van der Waals surface area contributed by atoms with Crippen LogP contribution in [0, 0.1) is 11.6 Å². The minimum absolute atomic E-state index is 0.101. The lowest BCUT2D eigenvalue weighted by atomic mass is 10.2. The fourth-order valence-corrected chi connectivity index (χ4v) is 1.50. The fraction of sp³-hybridized carbons (Fsp3) is 0.167. The molecule has 0 aliphatic carbocycles. The van der Waals surface area contributed by atoms with Gasteiger partial charge in [0, 0.05) is 18.8 Å². The van der Waals surface area contributed by atoms with Crippen LogP contribution >= 0.6 is 0 Å². The number of hydrogen-bond acceptors (Lipinski definition) is 3. The van der Waals surface area contributed by atoms with Gasteiger partial charge in [-0.15, -0.1) is 0 Å². The number of rotatable bonds is 3. The highest BCUT2D eigenvalue weighted by Gasteiger charge is 2.32. The minimum atomic E-state index is -4.58. The second kappa shape index (κ2) is 5.40. The third kappa shape index (κ3) is 3.62. The first kappa shape index (κ1) is 14.2. The maximum Gasteiger partial charge on any atom is 0.433 e. The highest BCUT2D eigenvalue weighted by atomic mass is 19.4. The molecule has 2 aromatic rings. The zero-order valence-corrected chi connectivity index (χ0v) is 9.88. The Balaban J connectivity index is 2.11. The van der Waals surface area contributed by atoms with Crippen LogP contribution in [0.15, 0.2) is 30.5 Å². The molecule has 1 aromatic carbocycles. The van der Waals surface area contributed by atoms with Gasteiger partial charge in [0.25, 0.3) is 0 Å². The highest BCUT2D eigenvalue weighted by molar-refractivity contribution is 5.29. The van der Waals surface area contributed by atoms with Gasteiger partial charge in [0.2, 0.25) is 5.95 Å². The maximum atomic E-state index is 12.9. The van der Waals surface area contributed by atoms with E-state index in [-0.39, 0.29) is 18.1 Å². The molecule has 0 spiro atoms. The second-order valence-corrected chi connectivity index (χ2v) is 3.89. The number of anilines is 1. The lowest BCUT2D eigenvalue weighted by molar-refractivity contribution is -0.141. The predicted molar refractivity (Wildman–Crippen MR) is 60.7 cm³/mol. The molecule has 0 saturated carbocycles.